The van der Waals surface area contributed by atoms with Crippen molar-refractivity contribution in [3.8, 4) is 11.3 Å². The second-order valence-corrected chi connectivity index (χ2v) is 7.28. The van der Waals surface area contributed by atoms with Gasteiger partial charge in [-0.2, -0.15) is 0 Å². The highest BCUT2D eigenvalue weighted by molar-refractivity contribution is 6.30. The number of rotatable bonds is 2. The van der Waals surface area contributed by atoms with Gasteiger partial charge in [-0.15, -0.1) is 0 Å². The van der Waals surface area contributed by atoms with Crippen molar-refractivity contribution in [1.29, 1.82) is 0 Å². The topological polar surface area (TPSA) is 42.7 Å². The molecule has 0 unspecified atom stereocenters. The molecule has 1 aromatic carbocycles. The van der Waals surface area contributed by atoms with Crippen LogP contribution in [0.25, 0.3) is 11.3 Å². The van der Waals surface area contributed by atoms with Crippen LogP contribution in [-0.2, 0) is 4.74 Å². The molecule has 132 valence electrons. The molecule has 0 spiro atoms. The zero-order valence-electron chi connectivity index (χ0n) is 14.3. The Balaban J connectivity index is 1.60. The van der Waals surface area contributed by atoms with Crippen molar-refractivity contribution in [3.05, 3.63) is 46.7 Å². The van der Waals surface area contributed by atoms with Crippen molar-refractivity contribution in [1.82, 2.24) is 4.90 Å². The Labute approximate surface area is 152 Å². The van der Waals surface area contributed by atoms with Crippen LogP contribution in [0.4, 0.5) is 0 Å². The molecule has 0 N–H and O–H groups in total. The normalized spacial score (nSPS) is 23.4. The van der Waals surface area contributed by atoms with E-state index in [1.807, 2.05) is 42.2 Å². The molecule has 0 bridgehead atoms. The van der Waals surface area contributed by atoms with Crippen LogP contribution in [0.5, 0.6) is 0 Å². The minimum atomic E-state index is 0.0571. The van der Waals surface area contributed by atoms with Crippen LogP contribution >= 0.6 is 11.6 Å². The first-order chi connectivity index (χ1) is 12.1. The molecule has 1 amide bonds. The maximum atomic E-state index is 13.2. The Morgan fingerprint density at radius 2 is 1.96 bits per heavy atom. The second kappa shape index (κ2) is 6.85. The minimum absolute atomic E-state index is 0.0571. The van der Waals surface area contributed by atoms with Gasteiger partial charge in [0.05, 0.1) is 24.3 Å². The molecule has 1 aromatic heterocycles. The molecule has 4 rings (SSSR count). The number of carbonyl (C=O) groups is 1. The van der Waals surface area contributed by atoms with Gasteiger partial charge in [-0.3, -0.25) is 4.79 Å². The summed E-state index contributed by atoms with van der Waals surface area (Å²) in [5, 5.41) is 0.681. The third kappa shape index (κ3) is 3.21. The average Bonchev–Trinajstić information content (AvgIpc) is 3.03. The predicted octanol–water partition coefficient (Wildman–Crippen LogP) is 4.69. The smallest absolute Gasteiger partial charge is 0.257 e. The largest absolute Gasteiger partial charge is 0.461 e. The molecule has 2 aromatic rings. The number of hydrogen-bond acceptors (Lipinski definition) is 3. The van der Waals surface area contributed by atoms with E-state index in [2.05, 4.69) is 0 Å². The maximum Gasteiger partial charge on any atom is 0.257 e. The van der Waals surface area contributed by atoms with Crippen molar-refractivity contribution in [2.24, 2.45) is 0 Å². The van der Waals surface area contributed by atoms with E-state index in [9.17, 15) is 4.79 Å². The Bertz CT molecular complexity index is 766. The average molecular weight is 360 g/mol. The number of fused-ring (bicyclic) bond motifs is 1. The summed E-state index contributed by atoms with van der Waals surface area (Å²) < 4.78 is 11.8. The van der Waals surface area contributed by atoms with E-state index in [1.165, 1.54) is 6.42 Å². The standard InChI is InChI=1S/C20H22ClNO3/c1-13-16(12-19(25-13)14-6-8-15(21)9-7-14)20(23)22-10-11-24-18-5-3-2-4-17(18)22/h6-9,12,17-18H,2-5,10-11H2,1H3/t17-,18-/m0/s1. The molecule has 0 radical (unpaired) electrons. The Morgan fingerprint density at radius 1 is 1.20 bits per heavy atom. The summed E-state index contributed by atoms with van der Waals surface area (Å²) in [5.74, 6) is 1.42. The first kappa shape index (κ1) is 16.7. The number of nitrogens with zero attached hydrogens (tertiary/aromatic N) is 1. The fourth-order valence-corrected chi connectivity index (χ4v) is 4.08. The van der Waals surface area contributed by atoms with Gasteiger partial charge in [-0.25, -0.2) is 0 Å². The van der Waals surface area contributed by atoms with E-state index in [-0.39, 0.29) is 18.1 Å². The van der Waals surface area contributed by atoms with E-state index in [1.54, 1.807) is 0 Å². The summed E-state index contributed by atoms with van der Waals surface area (Å²) in [6.07, 6.45) is 4.62. The number of carbonyl (C=O) groups excluding carboxylic acids is 1. The molecule has 1 saturated heterocycles. The minimum Gasteiger partial charge on any atom is -0.461 e. The van der Waals surface area contributed by atoms with Crippen molar-refractivity contribution in [2.45, 2.75) is 44.8 Å². The summed E-state index contributed by atoms with van der Waals surface area (Å²) in [7, 11) is 0. The van der Waals surface area contributed by atoms with Gasteiger partial charge in [0.15, 0.2) is 0 Å². The monoisotopic (exact) mass is 359 g/mol. The van der Waals surface area contributed by atoms with Crippen LogP contribution in [0.1, 0.15) is 41.8 Å². The first-order valence-corrected chi connectivity index (χ1v) is 9.30. The summed E-state index contributed by atoms with van der Waals surface area (Å²) in [6, 6.07) is 9.51. The molecule has 1 aliphatic carbocycles. The predicted molar refractivity (Wildman–Crippen MR) is 96.9 cm³/mol. The van der Waals surface area contributed by atoms with Gasteiger partial charge in [0.25, 0.3) is 5.91 Å². The molecule has 2 heterocycles. The van der Waals surface area contributed by atoms with Crippen LogP contribution < -0.4 is 0 Å². The number of amides is 1. The lowest BCUT2D eigenvalue weighted by atomic mass is 9.89. The quantitative estimate of drug-likeness (QED) is 0.781. The summed E-state index contributed by atoms with van der Waals surface area (Å²) >= 11 is 5.95. The molecule has 25 heavy (non-hydrogen) atoms. The molecule has 1 aliphatic heterocycles. The molecule has 1 saturated carbocycles. The lowest BCUT2D eigenvalue weighted by molar-refractivity contribution is -0.0753. The van der Waals surface area contributed by atoms with Gasteiger partial charge < -0.3 is 14.1 Å². The molecule has 2 atom stereocenters. The second-order valence-electron chi connectivity index (χ2n) is 6.85. The summed E-state index contributed by atoms with van der Waals surface area (Å²) in [5.41, 5.74) is 1.57. The van der Waals surface area contributed by atoms with Gasteiger partial charge in [0, 0.05) is 17.1 Å². The molecule has 4 nitrogen and oxygen atoms in total. The fourth-order valence-electron chi connectivity index (χ4n) is 3.95. The third-order valence-electron chi connectivity index (χ3n) is 5.27. The molecular weight excluding hydrogens is 338 g/mol. The Kier molecular flexibility index (Phi) is 4.57. The Hall–Kier alpha value is -1.78. The Morgan fingerprint density at radius 3 is 2.76 bits per heavy atom. The number of hydrogen-bond donors (Lipinski definition) is 0. The number of benzene rings is 1. The van der Waals surface area contributed by atoms with E-state index < -0.39 is 0 Å². The van der Waals surface area contributed by atoms with Crippen molar-refractivity contribution in [2.75, 3.05) is 13.2 Å². The summed E-state index contributed by atoms with van der Waals surface area (Å²) in [4.78, 5) is 15.2. The lowest BCUT2D eigenvalue weighted by Gasteiger charge is -2.43. The first-order valence-electron chi connectivity index (χ1n) is 8.92. The number of aryl methyl sites for hydroxylation is 1. The van der Waals surface area contributed by atoms with Crippen LogP contribution in [-0.4, -0.2) is 36.1 Å². The zero-order valence-corrected chi connectivity index (χ0v) is 15.1. The number of morpholine rings is 1. The number of halogens is 1. The highest BCUT2D eigenvalue weighted by atomic mass is 35.5. The SMILES string of the molecule is Cc1oc(-c2ccc(Cl)cc2)cc1C(=O)N1CCO[C@H]2CCCC[C@@H]21. The molecule has 2 aliphatic rings. The van der Waals surface area contributed by atoms with Crippen LogP contribution in [0, 0.1) is 6.92 Å². The highest BCUT2D eigenvalue weighted by Gasteiger charge is 2.37. The molecular formula is C20H22ClNO3. The van der Waals surface area contributed by atoms with Crippen LogP contribution in [0.15, 0.2) is 34.7 Å². The van der Waals surface area contributed by atoms with Crippen molar-refractivity contribution in [3.63, 3.8) is 0 Å². The zero-order chi connectivity index (χ0) is 17.4. The van der Waals surface area contributed by atoms with Gasteiger partial charge >= 0.3 is 0 Å². The maximum absolute atomic E-state index is 13.2. The van der Waals surface area contributed by atoms with E-state index in [0.29, 0.717) is 35.3 Å². The molecule has 2 fully saturated rings. The van der Waals surface area contributed by atoms with Gasteiger partial charge in [-0.1, -0.05) is 24.4 Å². The van der Waals surface area contributed by atoms with Crippen LogP contribution in [0.3, 0.4) is 0 Å². The van der Waals surface area contributed by atoms with Crippen molar-refractivity contribution >= 4 is 17.5 Å². The fraction of sp³-hybridized carbons (Fsp3) is 0.450. The van der Waals surface area contributed by atoms with Gasteiger partial charge in [-0.05, 0) is 50.1 Å². The van der Waals surface area contributed by atoms with E-state index in [0.717, 1.165) is 24.8 Å². The highest BCUT2D eigenvalue weighted by Crippen LogP contribution is 2.32. The molecule has 5 heteroatoms. The lowest BCUT2D eigenvalue weighted by Crippen LogP contribution is -2.54. The van der Waals surface area contributed by atoms with E-state index in [4.69, 9.17) is 20.8 Å². The summed E-state index contributed by atoms with van der Waals surface area (Å²) in [6.45, 7) is 3.13. The van der Waals surface area contributed by atoms with Crippen molar-refractivity contribution < 1.29 is 13.9 Å². The van der Waals surface area contributed by atoms with Crippen LogP contribution in [0.2, 0.25) is 5.02 Å². The third-order valence-corrected chi connectivity index (χ3v) is 5.52. The number of furan rings is 1. The number of ether oxygens (including phenoxy) is 1. The van der Waals surface area contributed by atoms with E-state index >= 15 is 0 Å². The van der Waals surface area contributed by atoms with Gasteiger partial charge in [0.1, 0.15) is 11.5 Å². The van der Waals surface area contributed by atoms with Gasteiger partial charge in [0.2, 0.25) is 0 Å².